The molecule has 10 nitrogen and oxygen atoms in total. The van der Waals surface area contributed by atoms with Gasteiger partial charge in [-0.3, -0.25) is 25.2 Å². The molecular weight excluding hydrogens is 374 g/mol. The van der Waals surface area contributed by atoms with E-state index in [1.54, 1.807) is 11.4 Å². The Morgan fingerprint density at radius 3 is 2.78 bits per heavy atom. The molecule has 1 fully saturated rings. The van der Waals surface area contributed by atoms with Gasteiger partial charge in [0.05, 0.1) is 19.5 Å². The van der Waals surface area contributed by atoms with Crippen molar-refractivity contribution in [1.29, 1.82) is 0 Å². The van der Waals surface area contributed by atoms with Gasteiger partial charge in [0, 0.05) is 25.5 Å². The maximum atomic E-state index is 12.1. The predicted octanol–water partition coefficient (Wildman–Crippen LogP) is 0.106. The smallest absolute Gasteiger partial charge is 0.289 e. The van der Waals surface area contributed by atoms with Gasteiger partial charge >= 0.3 is 0 Å². The van der Waals surface area contributed by atoms with E-state index in [0.29, 0.717) is 13.2 Å². The number of nitrogens with one attached hydrogen (secondary N) is 2. The van der Waals surface area contributed by atoms with Gasteiger partial charge in [-0.1, -0.05) is 0 Å². The third-order valence-corrected chi connectivity index (χ3v) is 4.68. The summed E-state index contributed by atoms with van der Waals surface area (Å²) < 4.78 is 10.3. The van der Waals surface area contributed by atoms with Crippen LogP contribution in [0, 0.1) is 0 Å². The van der Waals surface area contributed by atoms with Gasteiger partial charge in [-0.2, -0.15) is 0 Å². The highest BCUT2D eigenvalue weighted by Gasteiger charge is 2.19. The predicted molar refractivity (Wildman–Crippen MR) is 96.4 cm³/mol. The first-order chi connectivity index (χ1) is 13.0. The van der Waals surface area contributed by atoms with Crippen molar-refractivity contribution in [3.05, 3.63) is 35.2 Å². The molecule has 0 atom stereocenters. The number of thiazole rings is 1. The lowest BCUT2D eigenvalue weighted by atomic mass is 10.4. The molecule has 2 N–H and O–H groups in total. The van der Waals surface area contributed by atoms with Crippen molar-refractivity contribution in [1.82, 2.24) is 20.7 Å². The van der Waals surface area contributed by atoms with Crippen LogP contribution < -0.4 is 15.8 Å². The molecule has 27 heavy (non-hydrogen) atoms. The second-order valence-corrected chi connectivity index (χ2v) is 6.59. The van der Waals surface area contributed by atoms with Crippen LogP contribution in [0.5, 0.6) is 0 Å². The van der Waals surface area contributed by atoms with Gasteiger partial charge in [0.2, 0.25) is 0 Å². The maximum absolute atomic E-state index is 12.1. The average molecular weight is 393 g/mol. The molecule has 2 aromatic rings. The highest BCUT2D eigenvalue weighted by molar-refractivity contribution is 7.13. The summed E-state index contributed by atoms with van der Waals surface area (Å²) in [6, 6.07) is 3.09. The van der Waals surface area contributed by atoms with E-state index in [-0.39, 0.29) is 18.0 Å². The van der Waals surface area contributed by atoms with Crippen LogP contribution >= 0.6 is 11.3 Å². The number of carbonyl (C=O) groups is 3. The van der Waals surface area contributed by atoms with Crippen molar-refractivity contribution in [2.75, 3.05) is 44.8 Å². The number of amides is 3. The van der Waals surface area contributed by atoms with Gasteiger partial charge in [0.1, 0.15) is 12.2 Å². The summed E-state index contributed by atoms with van der Waals surface area (Å²) in [5.74, 6) is -1.38. The molecule has 3 rings (SSSR count). The van der Waals surface area contributed by atoms with Crippen LogP contribution in [0.15, 0.2) is 28.2 Å². The number of rotatable bonds is 5. The molecule has 2 aromatic heterocycles. The number of nitrogens with zero attached hydrogens (tertiary/aromatic N) is 3. The standard InChI is InChI=1S/C16H19N5O5S/c1-20(15(24)12-3-2-6-26-12)9-13(22)18-19-14(23)11-10-27-16(17-11)21-4-7-25-8-5-21/h2-3,6,10H,4-5,7-9H2,1H3,(H,18,22)(H,19,23). The highest BCUT2D eigenvalue weighted by Crippen LogP contribution is 2.21. The van der Waals surface area contributed by atoms with Crippen LogP contribution in [0.3, 0.4) is 0 Å². The number of hydrazine groups is 1. The lowest BCUT2D eigenvalue weighted by Crippen LogP contribution is -2.46. The minimum atomic E-state index is -0.547. The van der Waals surface area contributed by atoms with Crippen LogP contribution in [0.2, 0.25) is 0 Å². The fourth-order valence-corrected chi connectivity index (χ4v) is 3.23. The van der Waals surface area contributed by atoms with Crippen LogP contribution in [0.25, 0.3) is 0 Å². The van der Waals surface area contributed by atoms with Crippen molar-refractivity contribution in [3.63, 3.8) is 0 Å². The molecule has 0 unspecified atom stereocenters. The van der Waals surface area contributed by atoms with Gasteiger partial charge in [-0.15, -0.1) is 11.3 Å². The summed E-state index contributed by atoms with van der Waals surface area (Å²) in [7, 11) is 1.46. The molecule has 1 aliphatic rings. The molecule has 144 valence electrons. The normalized spacial score (nSPS) is 13.9. The summed E-state index contributed by atoms with van der Waals surface area (Å²) in [6.45, 7) is 2.46. The van der Waals surface area contributed by atoms with Crippen LogP contribution in [0.4, 0.5) is 5.13 Å². The van der Waals surface area contributed by atoms with E-state index in [4.69, 9.17) is 9.15 Å². The Balaban J connectivity index is 1.46. The third kappa shape index (κ3) is 4.83. The van der Waals surface area contributed by atoms with Crippen molar-refractivity contribution in [3.8, 4) is 0 Å². The number of anilines is 1. The van der Waals surface area contributed by atoms with E-state index in [2.05, 4.69) is 15.8 Å². The SMILES string of the molecule is CN(CC(=O)NNC(=O)c1csc(N2CCOCC2)n1)C(=O)c1ccco1. The largest absolute Gasteiger partial charge is 0.459 e. The molecule has 1 saturated heterocycles. The number of carbonyl (C=O) groups excluding carboxylic acids is 3. The Morgan fingerprint density at radius 2 is 2.07 bits per heavy atom. The number of hydrogen-bond donors (Lipinski definition) is 2. The second-order valence-electron chi connectivity index (χ2n) is 5.76. The van der Waals surface area contributed by atoms with Gasteiger partial charge in [-0.25, -0.2) is 4.98 Å². The van der Waals surface area contributed by atoms with Crippen LogP contribution in [0.1, 0.15) is 21.0 Å². The number of furan rings is 1. The molecule has 0 saturated carbocycles. The minimum absolute atomic E-state index is 0.132. The Labute approximate surface area is 159 Å². The molecule has 0 spiro atoms. The van der Waals surface area contributed by atoms with E-state index in [0.717, 1.165) is 18.2 Å². The monoisotopic (exact) mass is 393 g/mol. The zero-order chi connectivity index (χ0) is 19.2. The molecule has 0 radical (unpaired) electrons. The van der Waals surface area contributed by atoms with E-state index in [1.807, 2.05) is 4.90 Å². The molecule has 1 aliphatic heterocycles. The zero-order valence-corrected chi connectivity index (χ0v) is 15.5. The van der Waals surface area contributed by atoms with Gasteiger partial charge in [0.15, 0.2) is 10.9 Å². The Bertz CT molecular complexity index is 800. The van der Waals surface area contributed by atoms with Gasteiger partial charge < -0.3 is 19.0 Å². The fraction of sp³-hybridized carbons (Fsp3) is 0.375. The molecule has 3 heterocycles. The van der Waals surface area contributed by atoms with Gasteiger partial charge in [-0.05, 0) is 12.1 Å². The molecule has 0 aromatic carbocycles. The van der Waals surface area contributed by atoms with Crippen LogP contribution in [-0.2, 0) is 9.53 Å². The molecule has 3 amide bonds. The Hall–Kier alpha value is -2.92. The summed E-state index contributed by atoms with van der Waals surface area (Å²) in [6.07, 6.45) is 1.38. The second kappa shape index (κ2) is 8.64. The van der Waals surface area contributed by atoms with Crippen molar-refractivity contribution >= 4 is 34.2 Å². The number of aromatic nitrogens is 1. The first-order valence-electron chi connectivity index (χ1n) is 8.21. The summed E-state index contributed by atoms with van der Waals surface area (Å²) in [5, 5.41) is 2.36. The third-order valence-electron chi connectivity index (χ3n) is 3.78. The number of morpholine rings is 1. The Kier molecular flexibility index (Phi) is 6.04. The summed E-state index contributed by atoms with van der Waals surface area (Å²) >= 11 is 1.35. The quantitative estimate of drug-likeness (QED) is 0.692. The first-order valence-corrected chi connectivity index (χ1v) is 9.09. The number of hydrogen-bond acceptors (Lipinski definition) is 8. The zero-order valence-electron chi connectivity index (χ0n) is 14.6. The Morgan fingerprint density at radius 1 is 1.30 bits per heavy atom. The average Bonchev–Trinajstić information content (AvgIpc) is 3.38. The summed E-state index contributed by atoms with van der Waals surface area (Å²) in [5.41, 5.74) is 4.77. The van der Waals surface area contributed by atoms with Crippen molar-refractivity contribution in [2.45, 2.75) is 0 Å². The highest BCUT2D eigenvalue weighted by atomic mass is 32.1. The molecule has 0 bridgehead atoms. The maximum Gasteiger partial charge on any atom is 0.289 e. The van der Waals surface area contributed by atoms with Crippen molar-refractivity contribution in [2.24, 2.45) is 0 Å². The van der Waals surface area contributed by atoms with Crippen LogP contribution in [-0.4, -0.2) is 67.5 Å². The van der Waals surface area contributed by atoms with Gasteiger partial charge in [0.25, 0.3) is 17.7 Å². The first kappa shape index (κ1) is 18.9. The minimum Gasteiger partial charge on any atom is -0.459 e. The molecule has 11 heteroatoms. The lowest BCUT2D eigenvalue weighted by molar-refractivity contribution is -0.122. The van der Waals surface area contributed by atoms with Crippen molar-refractivity contribution < 1.29 is 23.5 Å². The molecular formula is C16H19N5O5S. The summed E-state index contributed by atoms with van der Waals surface area (Å²) in [4.78, 5) is 43.6. The van der Waals surface area contributed by atoms with E-state index in [1.165, 1.54) is 35.6 Å². The fourth-order valence-electron chi connectivity index (χ4n) is 2.37. The molecule has 0 aliphatic carbocycles. The lowest BCUT2D eigenvalue weighted by Gasteiger charge is -2.25. The van der Waals surface area contributed by atoms with E-state index < -0.39 is 17.7 Å². The number of likely N-dealkylation sites (N-methyl/N-ethyl adjacent to an activating group) is 1. The van der Waals surface area contributed by atoms with E-state index in [9.17, 15) is 14.4 Å². The number of ether oxygens (including phenoxy) is 1. The van der Waals surface area contributed by atoms with E-state index >= 15 is 0 Å². The topological polar surface area (TPSA) is 117 Å².